The van der Waals surface area contributed by atoms with Crippen molar-refractivity contribution in [1.82, 2.24) is 15.2 Å². The van der Waals surface area contributed by atoms with Crippen molar-refractivity contribution >= 4 is 23.3 Å². The van der Waals surface area contributed by atoms with E-state index in [1.807, 2.05) is 68.3 Å². The van der Waals surface area contributed by atoms with E-state index in [9.17, 15) is 9.59 Å². The van der Waals surface area contributed by atoms with Gasteiger partial charge < -0.3 is 15.0 Å². The van der Waals surface area contributed by atoms with Crippen molar-refractivity contribution in [2.45, 2.75) is 51.8 Å². The van der Waals surface area contributed by atoms with Crippen molar-refractivity contribution < 1.29 is 14.3 Å². The zero-order valence-corrected chi connectivity index (χ0v) is 17.5. The molecule has 3 rings (SSSR count). The zero-order chi connectivity index (χ0) is 20.3. The summed E-state index contributed by atoms with van der Waals surface area (Å²) in [6.45, 7) is 8.13. The number of nitrogens with one attached hydrogen (secondary N) is 1. The van der Waals surface area contributed by atoms with Gasteiger partial charge in [0.1, 0.15) is 10.6 Å². The summed E-state index contributed by atoms with van der Waals surface area (Å²) in [4.78, 5) is 31.9. The van der Waals surface area contributed by atoms with Crippen LogP contribution in [0.3, 0.4) is 0 Å². The van der Waals surface area contributed by atoms with Gasteiger partial charge in [-0.15, -0.1) is 11.3 Å². The Kier molecular flexibility index (Phi) is 6.03. The third kappa shape index (κ3) is 4.70. The maximum absolute atomic E-state index is 13.2. The highest BCUT2D eigenvalue weighted by molar-refractivity contribution is 7.09. The van der Waals surface area contributed by atoms with E-state index in [1.165, 1.54) is 11.3 Å². The molecule has 1 aromatic heterocycles. The van der Waals surface area contributed by atoms with Crippen molar-refractivity contribution in [1.29, 1.82) is 0 Å². The number of alkyl carbamates (subject to hydrolysis) is 1. The average Bonchev–Trinajstić information content (AvgIpc) is 3.28. The van der Waals surface area contributed by atoms with Crippen LogP contribution >= 0.6 is 11.3 Å². The van der Waals surface area contributed by atoms with Gasteiger partial charge in [0.2, 0.25) is 5.91 Å². The molecule has 2 heterocycles. The molecule has 1 aromatic carbocycles. The summed E-state index contributed by atoms with van der Waals surface area (Å²) >= 11 is 1.43. The molecule has 1 aliphatic rings. The highest BCUT2D eigenvalue weighted by Crippen LogP contribution is 2.36. The predicted octanol–water partition coefficient (Wildman–Crippen LogP) is 4.32. The van der Waals surface area contributed by atoms with Crippen LogP contribution in [-0.4, -0.2) is 34.0 Å². The fraction of sp³-hybridized carbons (Fsp3) is 0.476. The molecule has 3 atom stereocenters. The van der Waals surface area contributed by atoms with Gasteiger partial charge in [0.25, 0.3) is 0 Å². The smallest absolute Gasteiger partial charge is 0.408 e. The molecular formula is C21H27N3O3S. The second kappa shape index (κ2) is 8.31. The summed E-state index contributed by atoms with van der Waals surface area (Å²) < 4.78 is 5.41. The van der Waals surface area contributed by atoms with Crippen LogP contribution in [0.2, 0.25) is 0 Å². The normalized spacial score (nSPS) is 19.4. The molecule has 1 N–H and O–H groups in total. The van der Waals surface area contributed by atoms with Crippen molar-refractivity contribution in [3.8, 4) is 0 Å². The molecule has 2 aromatic rings. The number of hydrogen-bond acceptors (Lipinski definition) is 5. The van der Waals surface area contributed by atoms with Gasteiger partial charge in [-0.25, -0.2) is 9.78 Å². The monoisotopic (exact) mass is 401 g/mol. The number of carbonyl (C=O) groups is 2. The molecule has 150 valence electrons. The molecule has 1 saturated heterocycles. The van der Waals surface area contributed by atoms with Crippen molar-refractivity contribution in [3.05, 3.63) is 52.5 Å². The third-order valence-electron chi connectivity index (χ3n) is 4.82. The number of hydrogen-bond donors (Lipinski definition) is 1. The fourth-order valence-corrected chi connectivity index (χ4v) is 4.24. The van der Waals surface area contributed by atoms with E-state index in [2.05, 4.69) is 10.3 Å². The molecule has 0 bridgehead atoms. The first-order chi connectivity index (χ1) is 13.3. The molecule has 0 radical (unpaired) electrons. The van der Waals surface area contributed by atoms with Crippen LogP contribution in [0.25, 0.3) is 0 Å². The minimum atomic E-state index is -0.606. The highest BCUT2D eigenvalue weighted by Gasteiger charge is 2.42. The first-order valence-corrected chi connectivity index (χ1v) is 10.4. The summed E-state index contributed by atoms with van der Waals surface area (Å²) in [6.07, 6.45) is 1.82. The third-order valence-corrected chi connectivity index (χ3v) is 5.68. The Morgan fingerprint density at radius 3 is 2.64 bits per heavy atom. The summed E-state index contributed by atoms with van der Waals surface area (Å²) in [7, 11) is 0. The summed E-state index contributed by atoms with van der Waals surface area (Å²) in [5, 5.41) is 5.46. The highest BCUT2D eigenvalue weighted by atomic mass is 32.1. The van der Waals surface area contributed by atoms with Crippen LogP contribution < -0.4 is 5.32 Å². The summed E-state index contributed by atoms with van der Waals surface area (Å²) in [6, 6.07) is 9.48. The lowest BCUT2D eigenvalue weighted by Crippen LogP contribution is -2.40. The first-order valence-electron chi connectivity index (χ1n) is 9.50. The summed E-state index contributed by atoms with van der Waals surface area (Å²) in [5.41, 5.74) is 0.493. The second-order valence-electron chi connectivity index (χ2n) is 8.01. The van der Waals surface area contributed by atoms with Crippen LogP contribution in [0.15, 0.2) is 41.9 Å². The number of ether oxygens (including phenoxy) is 1. The number of benzene rings is 1. The molecule has 2 amide bonds. The van der Waals surface area contributed by atoms with E-state index in [0.717, 1.165) is 10.6 Å². The topological polar surface area (TPSA) is 71.5 Å². The molecule has 28 heavy (non-hydrogen) atoms. The van der Waals surface area contributed by atoms with Crippen LogP contribution in [0, 0.1) is 5.92 Å². The molecule has 1 aliphatic heterocycles. The summed E-state index contributed by atoms with van der Waals surface area (Å²) in [5.74, 6) is -0.322. The number of rotatable bonds is 5. The predicted molar refractivity (Wildman–Crippen MR) is 109 cm³/mol. The van der Waals surface area contributed by atoms with Crippen molar-refractivity contribution in [2.75, 3.05) is 6.54 Å². The van der Waals surface area contributed by atoms with Gasteiger partial charge in [0.15, 0.2) is 0 Å². The largest absolute Gasteiger partial charge is 0.444 e. The Hall–Kier alpha value is -2.41. The Balaban J connectivity index is 1.78. The van der Waals surface area contributed by atoms with Gasteiger partial charge in [0, 0.05) is 18.1 Å². The van der Waals surface area contributed by atoms with E-state index in [0.29, 0.717) is 13.0 Å². The Morgan fingerprint density at radius 1 is 1.32 bits per heavy atom. The maximum Gasteiger partial charge on any atom is 0.408 e. The molecule has 0 aliphatic carbocycles. The molecule has 7 heteroatoms. The molecule has 1 unspecified atom stereocenters. The first kappa shape index (κ1) is 20.3. The maximum atomic E-state index is 13.2. The van der Waals surface area contributed by atoms with Crippen molar-refractivity contribution in [2.24, 2.45) is 5.92 Å². The van der Waals surface area contributed by atoms with Gasteiger partial charge in [0.05, 0.1) is 18.0 Å². The Bertz CT molecular complexity index is 802. The van der Waals surface area contributed by atoms with Gasteiger partial charge in [-0.1, -0.05) is 30.3 Å². The van der Waals surface area contributed by atoms with Gasteiger partial charge in [-0.3, -0.25) is 4.79 Å². The molecule has 0 saturated carbocycles. The van der Waals surface area contributed by atoms with Crippen LogP contribution in [-0.2, 0) is 9.53 Å². The minimum Gasteiger partial charge on any atom is -0.444 e. The van der Waals surface area contributed by atoms with Crippen LogP contribution in [0.5, 0.6) is 0 Å². The Labute approximate surface area is 169 Å². The van der Waals surface area contributed by atoms with Crippen LogP contribution in [0.4, 0.5) is 4.79 Å². The van der Waals surface area contributed by atoms with E-state index in [4.69, 9.17) is 4.74 Å². The van der Waals surface area contributed by atoms with E-state index in [-0.39, 0.29) is 17.9 Å². The lowest BCUT2D eigenvalue weighted by atomic mass is 9.98. The average molecular weight is 402 g/mol. The zero-order valence-electron chi connectivity index (χ0n) is 16.7. The number of nitrogens with zero attached hydrogens (tertiary/aromatic N) is 2. The lowest BCUT2D eigenvalue weighted by molar-refractivity contribution is -0.133. The second-order valence-corrected chi connectivity index (χ2v) is 8.93. The number of amides is 2. The standard InChI is InChI=1S/C21H27N3O3S/c1-14(15-8-6-5-7-9-15)24-12-10-16(19(24)25)17(18-22-11-13-28-18)23-20(26)27-21(2,3)4/h5-9,11,13-14,16-17H,10,12H2,1-4H3,(H,23,26)/t14-,16-,17?/m1/s1. The minimum absolute atomic E-state index is 0.0165. The van der Waals surface area contributed by atoms with Gasteiger partial charge >= 0.3 is 6.09 Å². The SMILES string of the molecule is C[C@H](c1ccccc1)N1CC[C@H](C(NC(=O)OC(C)(C)C)c2nccs2)C1=O. The van der Waals surface area contributed by atoms with E-state index in [1.54, 1.807) is 6.20 Å². The quantitative estimate of drug-likeness (QED) is 0.810. The Morgan fingerprint density at radius 2 is 2.04 bits per heavy atom. The number of thiazole rings is 1. The number of aromatic nitrogens is 1. The van der Waals surface area contributed by atoms with Gasteiger partial charge in [-0.2, -0.15) is 0 Å². The lowest BCUT2D eigenvalue weighted by Gasteiger charge is -2.28. The molecule has 0 spiro atoms. The van der Waals surface area contributed by atoms with Crippen LogP contribution in [0.1, 0.15) is 56.8 Å². The van der Waals surface area contributed by atoms with Gasteiger partial charge in [-0.05, 0) is 39.7 Å². The molecule has 1 fully saturated rings. The van der Waals surface area contributed by atoms with E-state index >= 15 is 0 Å². The molecular weight excluding hydrogens is 374 g/mol. The van der Waals surface area contributed by atoms with Crippen molar-refractivity contribution in [3.63, 3.8) is 0 Å². The number of likely N-dealkylation sites (tertiary alicyclic amines) is 1. The number of carbonyl (C=O) groups excluding carboxylic acids is 2. The van der Waals surface area contributed by atoms with E-state index < -0.39 is 17.7 Å². The molecule has 6 nitrogen and oxygen atoms in total. The fourth-order valence-electron chi connectivity index (χ4n) is 3.49.